The molecule has 1 aliphatic heterocycles. The maximum Gasteiger partial charge on any atom is 0.322 e. The minimum Gasteiger partial charge on any atom is -0.481 e. The number of nitrogens with one attached hydrogen (secondary N) is 1. The topological polar surface area (TPSA) is 69.6 Å². The average Bonchev–Trinajstić information content (AvgIpc) is 2.61. The van der Waals surface area contributed by atoms with Crippen molar-refractivity contribution in [1.82, 2.24) is 10.2 Å². The molecule has 0 bridgehead atoms. The zero-order valence-electron chi connectivity index (χ0n) is 17.2. The largest absolute Gasteiger partial charge is 0.481 e. The number of hydrogen-bond acceptors (Lipinski definition) is 2. The standard InChI is InChI=1S/C22H31ClN2O3/c1-14(2)7-8-16-9-10-17(12-19(16)23)21-18(15(3)4)13-25(22(28)24-21)11-5-6-20(26)27/h9-10,12-15,21H,5-8,11H2,1-4H3,(H,24,28)(H,26,27). The third-order valence-corrected chi connectivity index (χ3v) is 5.38. The van der Waals surface area contributed by atoms with E-state index in [1.807, 2.05) is 18.3 Å². The summed E-state index contributed by atoms with van der Waals surface area (Å²) < 4.78 is 0. The summed E-state index contributed by atoms with van der Waals surface area (Å²) in [6.07, 6.45) is 4.37. The van der Waals surface area contributed by atoms with E-state index in [0.717, 1.165) is 34.6 Å². The maximum absolute atomic E-state index is 12.5. The smallest absolute Gasteiger partial charge is 0.322 e. The molecule has 28 heavy (non-hydrogen) atoms. The van der Waals surface area contributed by atoms with Gasteiger partial charge in [0.25, 0.3) is 0 Å². The second kappa shape index (κ2) is 9.97. The summed E-state index contributed by atoms with van der Waals surface area (Å²) >= 11 is 6.52. The van der Waals surface area contributed by atoms with Crippen molar-refractivity contribution in [2.24, 2.45) is 11.8 Å². The van der Waals surface area contributed by atoms with Gasteiger partial charge in [-0.1, -0.05) is 51.4 Å². The van der Waals surface area contributed by atoms with E-state index in [9.17, 15) is 9.59 Å². The highest BCUT2D eigenvalue weighted by molar-refractivity contribution is 6.31. The lowest BCUT2D eigenvalue weighted by Crippen LogP contribution is -2.45. The van der Waals surface area contributed by atoms with Crippen LogP contribution in [0, 0.1) is 11.8 Å². The first-order valence-corrected chi connectivity index (χ1v) is 10.4. The van der Waals surface area contributed by atoms with Crippen molar-refractivity contribution >= 4 is 23.6 Å². The van der Waals surface area contributed by atoms with Gasteiger partial charge in [0.15, 0.2) is 0 Å². The summed E-state index contributed by atoms with van der Waals surface area (Å²) in [6.45, 7) is 8.95. The fraction of sp³-hybridized carbons (Fsp3) is 0.545. The molecule has 1 aromatic carbocycles. The summed E-state index contributed by atoms with van der Waals surface area (Å²) in [7, 11) is 0. The molecule has 6 heteroatoms. The molecule has 0 saturated carbocycles. The highest BCUT2D eigenvalue weighted by atomic mass is 35.5. The van der Waals surface area contributed by atoms with Crippen LogP contribution in [-0.4, -0.2) is 28.6 Å². The van der Waals surface area contributed by atoms with Crippen molar-refractivity contribution in [3.05, 3.63) is 46.1 Å². The molecule has 0 spiro atoms. The lowest BCUT2D eigenvalue weighted by molar-refractivity contribution is -0.137. The Labute approximate surface area is 172 Å². The summed E-state index contributed by atoms with van der Waals surface area (Å²) in [5.74, 6) is -0.00140. The Morgan fingerprint density at radius 2 is 2.00 bits per heavy atom. The summed E-state index contributed by atoms with van der Waals surface area (Å²) in [6, 6.07) is 5.63. The van der Waals surface area contributed by atoms with E-state index in [-0.39, 0.29) is 24.4 Å². The number of aryl methyl sites for hydroxylation is 1. The van der Waals surface area contributed by atoms with Crippen LogP contribution in [-0.2, 0) is 11.2 Å². The first kappa shape index (κ1) is 22.3. The molecule has 1 atom stereocenters. The number of carbonyl (C=O) groups excluding carboxylic acids is 1. The Morgan fingerprint density at radius 3 is 2.57 bits per heavy atom. The molecule has 2 rings (SSSR count). The SMILES string of the molecule is CC(C)CCc1ccc(C2NC(=O)N(CCCC(=O)O)C=C2C(C)C)cc1Cl. The predicted molar refractivity (Wildman–Crippen MR) is 112 cm³/mol. The molecule has 154 valence electrons. The quantitative estimate of drug-likeness (QED) is 0.576. The van der Waals surface area contributed by atoms with Gasteiger partial charge < -0.3 is 15.3 Å². The van der Waals surface area contributed by atoms with E-state index in [2.05, 4.69) is 39.1 Å². The molecule has 0 aliphatic carbocycles. The van der Waals surface area contributed by atoms with E-state index in [1.54, 1.807) is 4.90 Å². The zero-order valence-corrected chi connectivity index (χ0v) is 17.9. The van der Waals surface area contributed by atoms with Crippen molar-refractivity contribution in [2.75, 3.05) is 6.54 Å². The Bertz CT molecular complexity index is 743. The monoisotopic (exact) mass is 406 g/mol. The molecule has 0 aromatic heterocycles. The molecule has 0 radical (unpaired) electrons. The van der Waals surface area contributed by atoms with Crippen LogP contribution in [0.5, 0.6) is 0 Å². The van der Waals surface area contributed by atoms with Crippen LogP contribution >= 0.6 is 11.6 Å². The fourth-order valence-electron chi connectivity index (χ4n) is 3.32. The van der Waals surface area contributed by atoms with Gasteiger partial charge in [0.2, 0.25) is 0 Å². The lowest BCUT2D eigenvalue weighted by atomic mass is 9.89. The molecule has 1 unspecified atom stereocenters. The Morgan fingerprint density at radius 1 is 1.29 bits per heavy atom. The minimum absolute atomic E-state index is 0.0471. The van der Waals surface area contributed by atoms with Gasteiger partial charge in [-0.3, -0.25) is 4.79 Å². The minimum atomic E-state index is -0.851. The number of hydrogen-bond donors (Lipinski definition) is 2. The van der Waals surface area contributed by atoms with Crippen LogP contribution in [0.15, 0.2) is 30.0 Å². The second-order valence-corrected chi connectivity index (χ2v) is 8.55. The maximum atomic E-state index is 12.5. The number of aliphatic carboxylic acids is 1. The van der Waals surface area contributed by atoms with Crippen molar-refractivity contribution in [2.45, 2.75) is 59.4 Å². The number of nitrogens with zero attached hydrogens (tertiary/aromatic N) is 1. The van der Waals surface area contributed by atoms with Gasteiger partial charge in [-0.25, -0.2) is 4.79 Å². The highest BCUT2D eigenvalue weighted by Gasteiger charge is 2.29. The second-order valence-electron chi connectivity index (χ2n) is 8.14. The fourth-order valence-corrected chi connectivity index (χ4v) is 3.60. The lowest BCUT2D eigenvalue weighted by Gasteiger charge is -2.34. The van der Waals surface area contributed by atoms with E-state index in [1.165, 1.54) is 0 Å². The van der Waals surface area contributed by atoms with Crippen molar-refractivity contribution in [3.8, 4) is 0 Å². The van der Waals surface area contributed by atoms with Gasteiger partial charge in [-0.15, -0.1) is 0 Å². The summed E-state index contributed by atoms with van der Waals surface area (Å²) in [5, 5.41) is 12.6. The first-order chi connectivity index (χ1) is 13.2. The highest BCUT2D eigenvalue weighted by Crippen LogP contribution is 2.33. The number of benzene rings is 1. The van der Waals surface area contributed by atoms with Crippen LogP contribution in [0.3, 0.4) is 0 Å². The van der Waals surface area contributed by atoms with E-state index < -0.39 is 5.97 Å². The number of rotatable bonds is 9. The van der Waals surface area contributed by atoms with Crippen molar-refractivity contribution in [1.29, 1.82) is 0 Å². The Hall–Kier alpha value is -2.01. The van der Waals surface area contributed by atoms with Crippen molar-refractivity contribution in [3.63, 3.8) is 0 Å². The molecule has 1 aromatic rings. The normalized spacial score (nSPS) is 17.1. The predicted octanol–water partition coefficient (Wildman–Crippen LogP) is 5.40. The van der Waals surface area contributed by atoms with E-state index in [4.69, 9.17) is 16.7 Å². The van der Waals surface area contributed by atoms with Gasteiger partial charge in [-0.05, 0) is 53.9 Å². The summed E-state index contributed by atoms with van der Waals surface area (Å²) in [4.78, 5) is 24.8. The van der Waals surface area contributed by atoms with Crippen LogP contribution in [0.4, 0.5) is 4.79 Å². The molecule has 0 saturated heterocycles. The first-order valence-electron chi connectivity index (χ1n) is 9.98. The van der Waals surface area contributed by atoms with Gasteiger partial charge in [0.1, 0.15) is 0 Å². The third kappa shape index (κ3) is 5.99. The van der Waals surface area contributed by atoms with Gasteiger partial charge >= 0.3 is 12.0 Å². The van der Waals surface area contributed by atoms with Gasteiger partial charge in [0, 0.05) is 24.2 Å². The molecule has 2 N–H and O–H groups in total. The van der Waals surface area contributed by atoms with E-state index in [0.29, 0.717) is 18.9 Å². The van der Waals surface area contributed by atoms with Gasteiger partial charge in [0.05, 0.1) is 6.04 Å². The summed E-state index contributed by atoms with van der Waals surface area (Å²) in [5.41, 5.74) is 3.18. The third-order valence-electron chi connectivity index (χ3n) is 5.02. The molecule has 1 aliphatic rings. The Balaban J connectivity index is 2.21. The number of carbonyl (C=O) groups is 2. The van der Waals surface area contributed by atoms with Crippen molar-refractivity contribution < 1.29 is 14.7 Å². The van der Waals surface area contributed by atoms with Gasteiger partial charge in [-0.2, -0.15) is 0 Å². The number of carboxylic acids is 1. The molecule has 0 fully saturated rings. The van der Waals surface area contributed by atoms with E-state index >= 15 is 0 Å². The Kier molecular flexibility index (Phi) is 7.93. The van der Waals surface area contributed by atoms with Crippen LogP contribution < -0.4 is 5.32 Å². The molecular formula is C22H31ClN2O3. The van der Waals surface area contributed by atoms with Crippen LogP contribution in [0.1, 0.15) is 64.1 Å². The number of halogens is 1. The van der Waals surface area contributed by atoms with Crippen LogP contribution in [0.2, 0.25) is 5.02 Å². The molecule has 5 nitrogen and oxygen atoms in total. The molecular weight excluding hydrogens is 376 g/mol. The zero-order chi connectivity index (χ0) is 20.8. The van der Waals surface area contributed by atoms with Crippen LogP contribution in [0.25, 0.3) is 0 Å². The number of amides is 2. The molecule has 1 heterocycles. The number of carboxylic acid groups (broad SMARTS) is 1. The molecule has 2 amide bonds. The average molecular weight is 407 g/mol. The number of urea groups is 1.